The van der Waals surface area contributed by atoms with Gasteiger partial charge in [-0.1, -0.05) is 31.9 Å². The number of hydrogen-bond acceptors (Lipinski definition) is 4. The molecule has 3 rings (SSSR count). The van der Waals surface area contributed by atoms with E-state index in [1.165, 1.54) is 0 Å². The summed E-state index contributed by atoms with van der Waals surface area (Å²) in [7, 11) is 0. The Kier molecular flexibility index (Phi) is 6.73. The van der Waals surface area contributed by atoms with E-state index in [0.717, 1.165) is 44.9 Å². The summed E-state index contributed by atoms with van der Waals surface area (Å²) in [5, 5.41) is 0. The zero-order chi connectivity index (χ0) is 18.6. The third kappa shape index (κ3) is 4.86. The van der Waals surface area contributed by atoms with E-state index in [9.17, 15) is 4.79 Å². The van der Waals surface area contributed by atoms with Crippen LogP contribution in [-0.2, 0) is 19.0 Å². The molecule has 6 atom stereocenters. The van der Waals surface area contributed by atoms with Crippen molar-refractivity contribution in [1.82, 2.24) is 0 Å². The third-order valence-electron chi connectivity index (χ3n) is 6.08. The molecule has 2 saturated heterocycles. The number of carbonyl (C=O) groups is 1. The Morgan fingerprint density at radius 3 is 2.92 bits per heavy atom. The molecule has 3 fully saturated rings. The summed E-state index contributed by atoms with van der Waals surface area (Å²) in [6.07, 6.45) is 10.7. The highest BCUT2D eigenvalue weighted by Gasteiger charge is 2.44. The first kappa shape index (κ1) is 19.8. The molecule has 2 heterocycles. The Bertz CT molecular complexity index is 498. The summed E-state index contributed by atoms with van der Waals surface area (Å²) in [6, 6.07) is 0. The number of fused-ring (bicyclic) bond motifs is 1. The summed E-state index contributed by atoms with van der Waals surface area (Å²) in [5.74, 6) is 0.415. The van der Waals surface area contributed by atoms with Crippen LogP contribution in [0.4, 0.5) is 4.39 Å². The van der Waals surface area contributed by atoms with Crippen molar-refractivity contribution in [2.75, 3.05) is 6.61 Å². The SMILES string of the molecule is CCCCC(C)(F)C(C=CC1CCC2OC(=O)CC12)OC1CCCCO1. The van der Waals surface area contributed by atoms with Gasteiger partial charge in [-0.25, -0.2) is 4.39 Å². The first-order chi connectivity index (χ1) is 12.5. The van der Waals surface area contributed by atoms with Crippen molar-refractivity contribution in [3.63, 3.8) is 0 Å². The molecule has 0 aromatic rings. The lowest BCUT2D eigenvalue weighted by molar-refractivity contribution is -0.201. The molecule has 1 aliphatic carbocycles. The fourth-order valence-corrected chi connectivity index (χ4v) is 4.42. The Balaban J connectivity index is 1.66. The minimum absolute atomic E-state index is 0.0510. The lowest BCUT2D eigenvalue weighted by atomic mass is 9.89. The van der Waals surface area contributed by atoms with E-state index in [0.29, 0.717) is 19.4 Å². The molecule has 0 spiro atoms. The number of alkyl halides is 1. The number of allylic oxidation sites excluding steroid dienone is 1. The average molecular weight is 368 g/mol. The Labute approximate surface area is 156 Å². The van der Waals surface area contributed by atoms with E-state index < -0.39 is 11.8 Å². The summed E-state index contributed by atoms with van der Waals surface area (Å²) in [5.41, 5.74) is -1.42. The van der Waals surface area contributed by atoms with Gasteiger partial charge in [-0.05, 0) is 51.4 Å². The summed E-state index contributed by atoms with van der Waals surface area (Å²) < 4.78 is 32.5. The van der Waals surface area contributed by atoms with Crippen molar-refractivity contribution in [2.45, 2.75) is 95.8 Å². The topological polar surface area (TPSA) is 44.8 Å². The molecule has 4 nitrogen and oxygen atoms in total. The van der Waals surface area contributed by atoms with Crippen LogP contribution in [0.2, 0.25) is 0 Å². The van der Waals surface area contributed by atoms with Gasteiger partial charge in [-0.3, -0.25) is 4.79 Å². The fourth-order valence-electron chi connectivity index (χ4n) is 4.42. The molecule has 26 heavy (non-hydrogen) atoms. The van der Waals surface area contributed by atoms with Gasteiger partial charge >= 0.3 is 5.97 Å². The van der Waals surface area contributed by atoms with Crippen LogP contribution in [0.5, 0.6) is 0 Å². The van der Waals surface area contributed by atoms with Gasteiger partial charge in [0, 0.05) is 12.5 Å². The quantitative estimate of drug-likeness (QED) is 0.459. The molecule has 0 aromatic heterocycles. The van der Waals surface area contributed by atoms with Gasteiger partial charge in [0.1, 0.15) is 17.9 Å². The van der Waals surface area contributed by atoms with Crippen LogP contribution in [0.15, 0.2) is 12.2 Å². The van der Waals surface area contributed by atoms with Crippen molar-refractivity contribution in [3.8, 4) is 0 Å². The second kappa shape index (κ2) is 8.83. The highest BCUT2D eigenvalue weighted by atomic mass is 19.1. The summed E-state index contributed by atoms with van der Waals surface area (Å²) in [6.45, 7) is 4.40. The third-order valence-corrected chi connectivity index (χ3v) is 6.08. The molecule has 0 radical (unpaired) electrons. The Hall–Kier alpha value is -0.940. The van der Waals surface area contributed by atoms with Gasteiger partial charge < -0.3 is 14.2 Å². The van der Waals surface area contributed by atoms with Gasteiger partial charge in [0.15, 0.2) is 6.29 Å². The number of hydrogen-bond donors (Lipinski definition) is 0. The normalized spacial score (nSPS) is 35.3. The maximum Gasteiger partial charge on any atom is 0.306 e. The maximum absolute atomic E-state index is 15.4. The molecule has 148 valence electrons. The minimum atomic E-state index is -1.42. The zero-order valence-corrected chi connectivity index (χ0v) is 16.1. The van der Waals surface area contributed by atoms with E-state index in [4.69, 9.17) is 14.2 Å². The second-order valence-electron chi connectivity index (χ2n) is 8.26. The molecule has 1 saturated carbocycles. The van der Waals surface area contributed by atoms with Crippen molar-refractivity contribution in [1.29, 1.82) is 0 Å². The second-order valence-corrected chi connectivity index (χ2v) is 8.26. The Morgan fingerprint density at radius 1 is 1.35 bits per heavy atom. The molecule has 0 aromatic carbocycles. The molecule has 2 aliphatic heterocycles. The highest BCUT2D eigenvalue weighted by Crippen LogP contribution is 2.42. The predicted molar refractivity (Wildman–Crippen MR) is 97.4 cm³/mol. The number of carbonyl (C=O) groups excluding carboxylic acids is 1. The van der Waals surface area contributed by atoms with E-state index in [1.54, 1.807) is 6.92 Å². The average Bonchev–Trinajstić information content (AvgIpc) is 3.17. The lowest BCUT2D eigenvalue weighted by Crippen LogP contribution is -2.40. The summed E-state index contributed by atoms with van der Waals surface area (Å²) in [4.78, 5) is 11.5. The number of ether oxygens (including phenoxy) is 3. The summed E-state index contributed by atoms with van der Waals surface area (Å²) >= 11 is 0. The predicted octanol–water partition coefficient (Wildman–Crippen LogP) is 4.71. The fraction of sp³-hybridized carbons (Fsp3) is 0.857. The van der Waals surface area contributed by atoms with Gasteiger partial charge in [0.2, 0.25) is 0 Å². The minimum Gasteiger partial charge on any atom is -0.462 e. The van der Waals surface area contributed by atoms with Crippen molar-refractivity contribution in [2.24, 2.45) is 11.8 Å². The molecule has 3 aliphatic rings. The van der Waals surface area contributed by atoms with Crippen LogP contribution in [0.25, 0.3) is 0 Å². The first-order valence-corrected chi connectivity index (χ1v) is 10.3. The smallest absolute Gasteiger partial charge is 0.306 e. The van der Waals surface area contributed by atoms with Crippen LogP contribution >= 0.6 is 0 Å². The van der Waals surface area contributed by atoms with Crippen LogP contribution < -0.4 is 0 Å². The van der Waals surface area contributed by atoms with E-state index in [1.807, 2.05) is 6.08 Å². The van der Waals surface area contributed by atoms with E-state index >= 15 is 4.39 Å². The van der Waals surface area contributed by atoms with Crippen LogP contribution in [0, 0.1) is 11.8 Å². The van der Waals surface area contributed by atoms with Gasteiger partial charge in [0.25, 0.3) is 0 Å². The largest absolute Gasteiger partial charge is 0.462 e. The van der Waals surface area contributed by atoms with Gasteiger partial charge in [0.05, 0.1) is 6.42 Å². The maximum atomic E-state index is 15.4. The zero-order valence-electron chi connectivity index (χ0n) is 16.1. The molecular formula is C21H33FO4. The van der Waals surface area contributed by atoms with Gasteiger partial charge in [-0.2, -0.15) is 0 Å². The van der Waals surface area contributed by atoms with Crippen LogP contribution in [0.3, 0.4) is 0 Å². The monoisotopic (exact) mass is 368 g/mol. The molecule has 6 unspecified atom stereocenters. The van der Waals surface area contributed by atoms with Crippen LogP contribution in [0.1, 0.15) is 71.6 Å². The van der Waals surface area contributed by atoms with E-state index in [-0.39, 0.29) is 30.2 Å². The number of halogens is 1. The molecular weight excluding hydrogens is 335 g/mol. The number of rotatable bonds is 8. The van der Waals surface area contributed by atoms with Crippen molar-refractivity contribution >= 4 is 5.97 Å². The first-order valence-electron chi connectivity index (χ1n) is 10.3. The van der Waals surface area contributed by atoms with Crippen molar-refractivity contribution in [3.05, 3.63) is 12.2 Å². The van der Waals surface area contributed by atoms with Crippen LogP contribution in [-0.4, -0.2) is 36.7 Å². The lowest BCUT2D eigenvalue weighted by Gasteiger charge is -2.33. The highest BCUT2D eigenvalue weighted by molar-refractivity contribution is 5.72. The van der Waals surface area contributed by atoms with E-state index in [2.05, 4.69) is 13.0 Å². The molecule has 0 N–H and O–H groups in total. The number of esters is 1. The molecule has 0 amide bonds. The van der Waals surface area contributed by atoms with Gasteiger partial charge in [-0.15, -0.1) is 0 Å². The number of unbranched alkanes of at least 4 members (excludes halogenated alkanes) is 1. The molecule has 5 heteroatoms. The molecule has 0 bridgehead atoms. The van der Waals surface area contributed by atoms with Crippen molar-refractivity contribution < 1.29 is 23.4 Å². The standard InChI is InChI=1S/C21H33FO4/c1-3-4-12-21(2,22)18(26-20-7-5-6-13-24-20)11-9-15-8-10-17-16(15)14-19(23)25-17/h9,11,15-18,20H,3-8,10,12-14H2,1-2H3. The Morgan fingerprint density at radius 2 is 2.19 bits per heavy atom.